The summed E-state index contributed by atoms with van der Waals surface area (Å²) in [5.41, 5.74) is -0.102. The number of benzene rings is 1. The molecule has 0 aliphatic heterocycles. The molecule has 0 radical (unpaired) electrons. The Labute approximate surface area is 117 Å². The van der Waals surface area contributed by atoms with Gasteiger partial charge in [0, 0.05) is 5.54 Å². The van der Waals surface area contributed by atoms with Crippen LogP contribution in [0, 0.1) is 0 Å². The van der Waals surface area contributed by atoms with Crippen LogP contribution in [0.1, 0.15) is 31.1 Å². The van der Waals surface area contributed by atoms with E-state index < -0.39 is 5.97 Å². The number of nitrogens with one attached hydrogen (secondary N) is 2. The number of amides is 1. The fraction of sp³-hybridized carbons (Fsp3) is 0.385. The molecule has 1 rings (SSSR count). The van der Waals surface area contributed by atoms with Gasteiger partial charge in [0.15, 0.2) is 0 Å². The number of aromatic carboxylic acids is 1. The summed E-state index contributed by atoms with van der Waals surface area (Å²) >= 11 is 5.81. The summed E-state index contributed by atoms with van der Waals surface area (Å²) in [7, 11) is 0. The van der Waals surface area contributed by atoms with Gasteiger partial charge < -0.3 is 15.7 Å². The van der Waals surface area contributed by atoms with Crippen LogP contribution in [0.15, 0.2) is 18.2 Å². The molecule has 0 aliphatic rings. The number of carboxylic acid groups (broad SMARTS) is 1. The minimum absolute atomic E-state index is 0.0917. The largest absolute Gasteiger partial charge is 0.478 e. The molecule has 5 nitrogen and oxygen atoms in total. The fourth-order valence-corrected chi connectivity index (χ4v) is 1.64. The molecule has 0 fully saturated rings. The lowest BCUT2D eigenvalue weighted by Gasteiger charge is -2.20. The minimum atomic E-state index is -1.18. The van der Waals surface area contributed by atoms with Gasteiger partial charge in [0.25, 0.3) is 0 Å². The number of rotatable bonds is 4. The van der Waals surface area contributed by atoms with Gasteiger partial charge in [0.05, 0.1) is 17.3 Å². The molecule has 0 saturated heterocycles. The average Bonchev–Trinajstić information content (AvgIpc) is 2.25. The van der Waals surface area contributed by atoms with Crippen LogP contribution in [0.3, 0.4) is 0 Å². The van der Waals surface area contributed by atoms with Crippen LogP contribution in [-0.4, -0.2) is 29.1 Å². The Balaban J connectivity index is 2.80. The lowest BCUT2D eigenvalue weighted by atomic mass is 10.1. The number of anilines is 1. The first-order valence-corrected chi connectivity index (χ1v) is 6.15. The Morgan fingerprint density at radius 2 is 1.95 bits per heavy atom. The Morgan fingerprint density at radius 3 is 2.47 bits per heavy atom. The third-order valence-electron chi connectivity index (χ3n) is 2.28. The lowest BCUT2D eigenvalue weighted by Crippen LogP contribution is -2.41. The SMILES string of the molecule is CC(C)(C)NCC(=O)Nc1cccc(Cl)c1C(=O)O. The normalized spacial score (nSPS) is 11.2. The molecule has 19 heavy (non-hydrogen) atoms. The van der Waals surface area contributed by atoms with Gasteiger partial charge in [0.1, 0.15) is 5.56 Å². The molecular formula is C13H17ClN2O3. The summed E-state index contributed by atoms with van der Waals surface area (Å²) in [5, 5.41) is 14.7. The topological polar surface area (TPSA) is 78.4 Å². The predicted molar refractivity (Wildman–Crippen MR) is 74.8 cm³/mol. The summed E-state index contributed by atoms with van der Waals surface area (Å²) in [5.74, 6) is -1.50. The highest BCUT2D eigenvalue weighted by molar-refractivity contribution is 6.34. The van der Waals surface area contributed by atoms with Gasteiger partial charge in [-0.25, -0.2) is 4.79 Å². The number of carbonyl (C=O) groups excluding carboxylic acids is 1. The van der Waals surface area contributed by atoms with E-state index in [1.165, 1.54) is 12.1 Å². The Bertz CT molecular complexity index is 495. The third kappa shape index (κ3) is 4.89. The van der Waals surface area contributed by atoms with Crippen molar-refractivity contribution in [3.8, 4) is 0 Å². The number of hydrogen-bond acceptors (Lipinski definition) is 3. The van der Waals surface area contributed by atoms with Crippen molar-refractivity contribution >= 4 is 29.2 Å². The van der Waals surface area contributed by atoms with E-state index in [0.29, 0.717) is 0 Å². The van der Waals surface area contributed by atoms with Gasteiger partial charge in [-0.2, -0.15) is 0 Å². The third-order valence-corrected chi connectivity index (χ3v) is 2.60. The van der Waals surface area contributed by atoms with Gasteiger partial charge in [0.2, 0.25) is 5.91 Å². The first-order chi connectivity index (χ1) is 8.70. The van der Waals surface area contributed by atoms with Gasteiger partial charge >= 0.3 is 5.97 Å². The molecule has 6 heteroatoms. The summed E-state index contributed by atoms with van der Waals surface area (Å²) in [6, 6.07) is 4.56. The van der Waals surface area contributed by atoms with E-state index >= 15 is 0 Å². The molecule has 0 bridgehead atoms. The first kappa shape index (κ1) is 15.5. The van der Waals surface area contributed by atoms with Crippen molar-refractivity contribution < 1.29 is 14.7 Å². The van der Waals surface area contributed by atoms with Crippen molar-refractivity contribution in [3.63, 3.8) is 0 Å². The van der Waals surface area contributed by atoms with Crippen LogP contribution in [0.4, 0.5) is 5.69 Å². The minimum Gasteiger partial charge on any atom is -0.478 e. The molecule has 104 valence electrons. The summed E-state index contributed by atoms with van der Waals surface area (Å²) < 4.78 is 0. The van der Waals surface area contributed by atoms with Gasteiger partial charge in [-0.3, -0.25) is 4.79 Å². The van der Waals surface area contributed by atoms with E-state index in [4.69, 9.17) is 16.7 Å². The maximum absolute atomic E-state index is 11.7. The van der Waals surface area contributed by atoms with Crippen LogP contribution in [0.5, 0.6) is 0 Å². The second-order valence-electron chi connectivity index (χ2n) is 5.12. The van der Waals surface area contributed by atoms with Crippen LogP contribution < -0.4 is 10.6 Å². The maximum atomic E-state index is 11.7. The fourth-order valence-electron chi connectivity index (χ4n) is 1.39. The molecule has 0 atom stereocenters. The Kier molecular flexibility index (Phi) is 4.91. The number of halogens is 1. The molecular weight excluding hydrogens is 268 g/mol. The second-order valence-corrected chi connectivity index (χ2v) is 5.53. The molecule has 1 aromatic rings. The quantitative estimate of drug-likeness (QED) is 0.793. The predicted octanol–water partition coefficient (Wildman–Crippen LogP) is 2.36. The van der Waals surface area contributed by atoms with E-state index in [-0.39, 0.29) is 34.3 Å². The zero-order valence-corrected chi connectivity index (χ0v) is 11.8. The van der Waals surface area contributed by atoms with Crippen LogP contribution in [0.2, 0.25) is 5.02 Å². The van der Waals surface area contributed by atoms with Crippen molar-refractivity contribution in [3.05, 3.63) is 28.8 Å². The molecule has 1 amide bonds. The van der Waals surface area contributed by atoms with Crippen LogP contribution in [-0.2, 0) is 4.79 Å². The lowest BCUT2D eigenvalue weighted by molar-refractivity contribution is -0.115. The van der Waals surface area contributed by atoms with Crippen molar-refractivity contribution in [1.82, 2.24) is 5.32 Å². The van der Waals surface area contributed by atoms with Crippen molar-refractivity contribution in [2.45, 2.75) is 26.3 Å². The molecule has 1 aromatic carbocycles. The Morgan fingerprint density at radius 1 is 1.32 bits per heavy atom. The van der Waals surface area contributed by atoms with Crippen LogP contribution >= 0.6 is 11.6 Å². The number of carboxylic acids is 1. The molecule has 0 unspecified atom stereocenters. The van der Waals surface area contributed by atoms with Gasteiger partial charge in [-0.05, 0) is 32.9 Å². The van der Waals surface area contributed by atoms with E-state index in [9.17, 15) is 9.59 Å². The van der Waals surface area contributed by atoms with E-state index in [1.807, 2.05) is 20.8 Å². The zero-order chi connectivity index (χ0) is 14.6. The molecule has 0 aromatic heterocycles. The average molecular weight is 285 g/mol. The highest BCUT2D eigenvalue weighted by Crippen LogP contribution is 2.24. The highest BCUT2D eigenvalue weighted by atomic mass is 35.5. The standard InChI is InChI=1S/C13H17ClN2O3/c1-13(2,3)15-7-10(17)16-9-6-4-5-8(14)11(9)12(18)19/h4-6,15H,7H2,1-3H3,(H,16,17)(H,18,19). The molecule has 0 spiro atoms. The zero-order valence-electron chi connectivity index (χ0n) is 11.1. The summed E-state index contributed by atoms with van der Waals surface area (Å²) in [4.78, 5) is 22.8. The summed E-state index contributed by atoms with van der Waals surface area (Å²) in [6.45, 7) is 5.89. The van der Waals surface area contributed by atoms with E-state index in [2.05, 4.69) is 10.6 Å². The van der Waals surface area contributed by atoms with Crippen molar-refractivity contribution in [2.24, 2.45) is 0 Å². The van der Waals surface area contributed by atoms with Crippen LogP contribution in [0.25, 0.3) is 0 Å². The molecule has 3 N–H and O–H groups in total. The number of carbonyl (C=O) groups is 2. The van der Waals surface area contributed by atoms with E-state index in [1.54, 1.807) is 6.07 Å². The Hall–Kier alpha value is -1.59. The smallest absolute Gasteiger partial charge is 0.339 e. The first-order valence-electron chi connectivity index (χ1n) is 5.77. The second kappa shape index (κ2) is 6.04. The van der Waals surface area contributed by atoms with E-state index in [0.717, 1.165) is 0 Å². The monoisotopic (exact) mass is 284 g/mol. The number of hydrogen-bond donors (Lipinski definition) is 3. The maximum Gasteiger partial charge on any atom is 0.339 e. The van der Waals surface area contributed by atoms with Crippen molar-refractivity contribution in [2.75, 3.05) is 11.9 Å². The van der Waals surface area contributed by atoms with Gasteiger partial charge in [-0.1, -0.05) is 17.7 Å². The summed E-state index contributed by atoms with van der Waals surface area (Å²) in [6.07, 6.45) is 0. The highest BCUT2D eigenvalue weighted by Gasteiger charge is 2.17. The molecule has 0 heterocycles. The molecule has 0 aliphatic carbocycles. The van der Waals surface area contributed by atoms with Gasteiger partial charge in [-0.15, -0.1) is 0 Å². The molecule has 0 saturated carbocycles. The van der Waals surface area contributed by atoms with Crippen molar-refractivity contribution in [1.29, 1.82) is 0 Å².